The summed E-state index contributed by atoms with van der Waals surface area (Å²) >= 11 is 6.16. The fourth-order valence-electron chi connectivity index (χ4n) is 2.32. The molecule has 0 radical (unpaired) electrons. The molecule has 0 aliphatic rings. The van der Waals surface area contributed by atoms with Gasteiger partial charge in [0.05, 0.1) is 11.1 Å². The Hall–Kier alpha value is -1.84. The van der Waals surface area contributed by atoms with Crippen molar-refractivity contribution in [3.05, 3.63) is 65.1 Å². The molecular weight excluding hydrogens is 272 g/mol. The molecule has 20 heavy (non-hydrogen) atoms. The van der Waals surface area contributed by atoms with Crippen LogP contribution < -0.4 is 5.32 Å². The van der Waals surface area contributed by atoms with Crippen molar-refractivity contribution in [1.29, 1.82) is 0 Å². The molecule has 3 rings (SSSR count). The Balaban J connectivity index is 1.93. The molecule has 3 nitrogen and oxygen atoms in total. The number of aromatic nitrogens is 1. The SMILES string of the molecule is CNC(Cc1ccncc1)c1cc2cccc(Cl)c2o1. The monoisotopic (exact) mass is 286 g/mol. The lowest BCUT2D eigenvalue weighted by atomic mass is 10.1. The predicted molar refractivity (Wildman–Crippen MR) is 81.0 cm³/mol. The van der Waals surface area contributed by atoms with Crippen LogP contribution in [0.3, 0.4) is 0 Å². The lowest BCUT2D eigenvalue weighted by Gasteiger charge is -2.13. The number of rotatable bonds is 4. The number of halogens is 1. The van der Waals surface area contributed by atoms with Gasteiger partial charge in [0.15, 0.2) is 5.58 Å². The van der Waals surface area contributed by atoms with Gasteiger partial charge >= 0.3 is 0 Å². The second-order valence-corrected chi connectivity index (χ2v) is 5.12. The molecule has 3 aromatic rings. The number of likely N-dealkylation sites (N-methyl/N-ethyl adjacent to an activating group) is 1. The molecule has 0 aliphatic carbocycles. The molecule has 0 saturated heterocycles. The van der Waals surface area contributed by atoms with Gasteiger partial charge in [-0.2, -0.15) is 0 Å². The van der Waals surface area contributed by atoms with Crippen molar-refractivity contribution in [3.63, 3.8) is 0 Å². The van der Waals surface area contributed by atoms with Crippen LogP contribution in [0.1, 0.15) is 17.4 Å². The Morgan fingerprint density at radius 1 is 1.25 bits per heavy atom. The van der Waals surface area contributed by atoms with Crippen LogP contribution in [-0.4, -0.2) is 12.0 Å². The van der Waals surface area contributed by atoms with Crippen LogP contribution >= 0.6 is 11.6 Å². The second-order valence-electron chi connectivity index (χ2n) is 4.71. The van der Waals surface area contributed by atoms with Gasteiger partial charge in [0.1, 0.15) is 5.76 Å². The number of pyridine rings is 1. The zero-order valence-corrected chi connectivity index (χ0v) is 11.9. The summed E-state index contributed by atoms with van der Waals surface area (Å²) in [5, 5.41) is 4.97. The third-order valence-electron chi connectivity index (χ3n) is 3.40. The normalized spacial score (nSPS) is 12.7. The van der Waals surface area contributed by atoms with Gasteiger partial charge in [0.2, 0.25) is 0 Å². The zero-order chi connectivity index (χ0) is 13.9. The van der Waals surface area contributed by atoms with Crippen LogP contribution in [0.15, 0.2) is 53.2 Å². The van der Waals surface area contributed by atoms with Crippen molar-refractivity contribution >= 4 is 22.6 Å². The summed E-state index contributed by atoms with van der Waals surface area (Å²) in [6, 6.07) is 12.0. The van der Waals surface area contributed by atoms with Crippen molar-refractivity contribution in [2.75, 3.05) is 7.05 Å². The van der Waals surface area contributed by atoms with Crippen LogP contribution in [0.25, 0.3) is 11.0 Å². The van der Waals surface area contributed by atoms with E-state index in [1.54, 1.807) is 12.4 Å². The standard InChI is InChI=1S/C16H15ClN2O/c1-18-14(9-11-5-7-19-8-6-11)15-10-12-3-2-4-13(17)16(12)20-15/h2-8,10,14,18H,9H2,1H3. The summed E-state index contributed by atoms with van der Waals surface area (Å²) in [7, 11) is 1.93. The minimum Gasteiger partial charge on any atom is -0.458 e. The number of hydrogen-bond acceptors (Lipinski definition) is 3. The largest absolute Gasteiger partial charge is 0.458 e. The smallest absolute Gasteiger partial charge is 0.152 e. The second kappa shape index (κ2) is 5.65. The first kappa shape index (κ1) is 13.2. The molecule has 1 atom stereocenters. The average molecular weight is 287 g/mol. The van der Waals surface area contributed by atoms with Crippen molar-refractivity contribution in [1.82, 2.24) is 10.3 Å². The lowest BCUT2D eigenvalue weighted by Crippen LogP contribution is -2.18. The molecule has 0 amide bonds. The summed E-state index contributed by atoms with van der Waals surface area (Å²) in [6.07, 6.45) is 4.45. The van der Waals surface area contributed by atoms with E-state index in [1.807, 2.05) is 43.4 Å². The van der Waals surface area contributed by atoms with E-state index in [4.69, 9.17) is 16.0 Å². The van der Waals surface area contributed by atoms with Crippen LogP contribution in [-0.2, 0) is 6.42 Å². The van der Waals surface area contributed by atoms with Crippen LogP contribution in [0.2, 0.25) is 5.02 Å². The van der Waals surface area contributed by atoms with Gasteiger partial charge in [0.25, 0.3) is 0 Å². The van der Waals surface area contributed by atoms with Gasteiger partial charge in [-0.25, -0.2) is 0 Å². The number of nitrogens with zero attached hydrogens (tertiary/aromatic N) is 1. The molecule has 1 aromatic carbocycles. The van der Waals surface area contributed by atoms with Gasteiger partial charge < -0.3 is 9.73 Å². The van der Waals surface area contributed by atoms with Crippen molar-refractivity contribution in [2.24, 2.45) is 0 Å². The third kappa shape index (κ3) is 2.55. The molecule has 0 aliphatic heterocycles. The first-order chi connectivity index (χ1) is 9.78. The van der Waals surface area contributed by atoms with Crippen molar-refractivity contribution in [3.8, 4) is 0 Å². The molecule has 102 valence electrons. The molecule has 2 heterocycles. The maximum absolute atomic E-state index is 6.16. The highest BCUT2D eigenvalue weighted by Gasteiger charge is 2.16. The fourth-order valence-corrected chi connectivity index (χ4v) is 2.54. The first-order valence-corrected chi connectivity index (χ1v) is 6.90. The Labute approximate surface area is 122 Å². The highest BCUT2D eigenvalue weighted by molar-refractivity contribution is 6.34. The van der Waals surface area contributed by atoms with E-state index < -0.39 is 0 Å². The van der Waals surface area contributed by atoms with Crippen LogP contribution in [0.5, 0.6) is 0 Å². The number of nitrogens with one attached hydrogen (secondary N) is 1. The summed E-state index contributed by atoms with van der Waals surface area (Å²) in [6.45, 7) is 0. The first-order valence-electron chi connectivity index (χ1n) is 6.52. The van der Waals surface area contributed by atoms with E-state index in [-0.39, 0.29) is 6.04 Å². The summed E-state index contributed by atoms with van der Waals surface area (Å²) in [5.41, 5.74) is 1.96. The van der Waals surface area contributed by atoms with Crippen molar-refractivity contribution < 1.29 is 4.42 Å². The maximum Gasteiger partial charge on any atom is 0.152 e. The third-order valence-corrected chi connectivity index (χ3v) is 3.69. The summed E-state index contributed by atoms with van der Waals surface area (Å²) in [4.78, 5) is 4.04. The maximum atomic E-state index is 6.16. The fraction of sp³-hybridized carbons (Fsp3) is 0.188. The summed E-state index contributed by atoms with van der Waals surface area (Å²) in [5.74, 6) is 0.896. The Morgan fingerprint density at radius 3 is 2.75 bits per heavy atom. The highest BCUT2D eigenvalue weighted by Crippen LogP contribution is 2.30. The Kier molecular flexibility index (Phi) is 3.72. The Morgan fingerprint density at radius 2 is 2.05 bits per heavy atom. The van der Waals surface area contributed by atoms with E-state index in [2.05, 4.69) is 10.3 Å². The molecule has 1 N–H and O–H groups in total. The molecule has 1 unspecified atom stereocenters. The lowest BCUT2D eigenvalue weighted by molar-refractivity contribution is 0.451. The molecule has 0 fully saturated rings. The summed E-state index contributed by atoms with van der Waals surface area (Å²) < 4.78 is 5.91. The van der Waals surface area contributed by atoms with Gasteiger partial charge in [0, 0.05) is 17.8 Å². The number of para-hydroxylation sites is 1. The van der Waals surface area contributed by atoms with Gasteiger partial charge in [-0.05, 0) is 43.3 Å². The average Bonchev–Trinajstić information content (AvgIpc) is 2.91. The quantitative estimate of drug-likeness (QED) is 0.788. The van der Waals surface area contributed by atoms with Gasteiger partial charge in [-0.3, -0.25) is 4.98 Å². The molecule has 0 saturated carbocycles. The molecular formula is C16H15ClN2O. The highest BCUT2D eigenvalue weighted by atomic mass is 35.5. The minimum absolute atomic E-state index is 0.112. The van der Waals surface area contributed by atoms with E-state index >= 15 is 0 Å². The van der Waals surface area contributed by atoms with Gasteiger partial charge in [-0.1, -0.05) is 23.7 Å². The minimum atomic E-state index is 0.112. The number of fused-ring (bicyclic) bond motifs is 1. The number of hydrogen-bond donors (Lipinski definition) is 1. The predicted octanol–water partition coefficient (Wildman–Crippen LogP) is 3.98. The Bertz CT molecular complexity index is 709. The molecule has 0 bridgehead atoms. The van der Waals surface area contributed by atoms with E-state index in [0.717, 1.165) is 23.2 Å². The van der Waals surface area contributed by atoms with Crippen LogP contribution in [0.4, 0.5) is 0 Å². The molecule has 2 aromatic heterocycles. The molecule has 4 heteroatoms. The number of benzene rings is 1. The molecule has 0 spiro atoms. The van der Waals surface area contributed by atoms with E-state index in [1.165, 1.54) is 5.56 Å². The van der Waals surface area contributed by atoms with Crippen LogP contribution in [0, 0.1) is 0 Å². The van der Waals surface area contributed by atoms with E-state index in [9.17, 15) is 0 Å². The van der Waals surface area contributed by atoms with Gasteiger partial charge in [-0.15, -0.1) is 0 Å². The zero-order valence-electron chi connectivity index (χ0n) is 11.1. The topological polar surface area (TPSA) is 38.1 Å². The van der Waals surface area contributed by atoms with Crippen molar-refractivity contribution in [2.45, 2.75) is 12.5 Å². The number of furan rings is 1. The van der Waals surface area contributed by atoms with E-state index in [0.29, 0.717) is 5.02 Å².